The minimum Gasteiger partial charge on any atom is -0.337 e. The van der Waals surface area contributed by atoms with E-state index < -0.39 is 0 Å². The first-order valence-electron chi connectivity index (χ1n) is 6.59. The van der Waals surface area contributed by atoms with Crippen LogP contribution in [-0.2, 0) is 0 Å². The Morgan fingerprint density at radius 2 is 1.95 bits per heavy atom. The standard InChI is InChI=1S/C14H20FN3O/c1-14(6-8-16-9-7-14)10-17-13(19)18-12-4-2-11(15)3-5-12/h2-5,16H,6-10H2,1H3,(H2,17,18,19). The van der Waals surface area contributed by atoms with Crippen molar-refractivity contribution >= 4 is 11.7 Å². The van der Waals surface area contributed by atoms with E-state index in [4.69, 9.17) is 0 Å². The van der Waals surface area contributed by atoms with Crippen molar-refractivity contribution in [3.05, 3.63) is 30.1 Å². The zero-order chi connectivity index (χ0) is 13.7. The van der Waals surface area contributed by atoms with Crippen molar-refractivity contribution in [3.63, 3.8) is 0 Å². The van der Waals surface area contributed by atoms with Crippen LogP contribution in [0.1, 0.15) is 19.8 Å². The first-order chi connectivity index (χ1) is 9.07. The van der Waals surface area contributed by atoms with Crippen molar-refractivity contribution in [1.82, 2.24) is 10.6 Å². The van der Waals surface area contributed by atoms with E-state index in [1.807, 2.05) is 0 Å². The van der Waals surface area contributed by atoms with Crippen LogP contribution in [0.3, 0.4) is 0 Å². The van der Waals surface area contributed by atoms with Gasteiger partial charge in [0.1, 0.15) is 5.82 Å². The van der Waals surface area contributed by atoms with Gasteiger partial charge in [0, 0.05) is 12.2 Å². The summed E-state index contributed by atoms with van der Waals surface area (Å²) in [6.45, 7) is 4.84. The highest BCUT2D eigenvalue weighted by Crippen LogP contribution is 2.26. The van der Waals surface area contributed by atoms with E-state index in [2.05, 4.69) is 22.9 Å². The minimum atomic E-state index is -0.312. The molecule has 1 aliphatic heterocycles. The third-order valence-corrected chi connectivity index (χ3v) is 3.59. The van der Waals surface area contributed by atoms with Crippen molar-refractivity contribution in [2.75, 3.05) is 25.0 Å². The molecule has 1 fully saturated rings. The number of piperidine rings is 1. The Bertz CT molecular complexity index is 427. The predicted molar refractivity (Wildman–Crippen MR) is 73.6 cm³/mol. The Kier molecular flexibility index (Phi) is 4.37. The number of hydrogen-bond donors (Lipinski definition) is 3. The lowest BCUT2D eigenvalue weighted by Gasteiger charge is -2.34. The Morgan fingerprint density at radius 3 is 2.58 bits per heavy atom. The fourth-order valence-corrected chi connectivity index (χ4v) is 2.21. The van der Waals surface area contributed by atoms with E-state index in [1.165, 1.54) is 12.1 Å². The lowest BCUT2D eigenvalue weighted by Crippen LogP contribution is -2.43. The lowest BCUT2D eigenvalue weighted by molar-refractivity contribution is 0.213. The van der Waals surface area contributed by atoms with Crippen LogP contribution in [0.2, 0.25) is 0 Å². The molecule has 0 spiro atoms. The highest BCUT2D eigenvalue weighted by molar-refractivity contribution is 5.89. The predicted octanol–water partition coefficient (Wildman–Crippen LogP) is 2.34. The van der Waals surface area contributed by atoms with E-state index in [0.717, 1.165) is 25.9 Å². The molecule has 104 valence electrons. The molecule has 1 aromatic rings. The highest BCUT2D eigenvalue weighted by Gasteiger charge is 2.26. The van der Waals surface area contributed by atoms with Gasteiger partial charge in [0.15, 0.2) is 0 Å². The number of amides is 2. The van der Waals surface area contributed by atoms with Gasteiger partial charge in [0.2, 0.25) is 0 Å². The number of carbonyl (C=O) groups is 1. The molecule has 0 unspecified atom stereocenters. The molecule has 1 heterocycles. The Hall–Kier alpha value is -1.62. The monoisotopic (exact) mass is 265 g/mol. The van der Waals surface area contributed by atoms with Gasteiger partial charge in [-0.2, -0.15) is 0 Å². The van der Waals surface area contributed by atoms with E-state index in [-0.39, 0.29) is 17.3 Å². The number of rotatable bonds is 3. The maximum atomic E-state index is 12.7. The molecule has 0 saturated carbocycles. The summed E-state index contributed by atoms with van der Waals surface area (Å²) in [5, 5.41) is 8.89. The Morgan fingerprint density at radius 1 is 1.32 bits per heavy atom. The van der Waals surface area contributed by atoms with Gasteiger partial charge in [-0.1, -0.05) is 6.92 Å². The first-order valence-corrected chi connectivity index (χ1v) is 6.59. The van der Waals surface area contributed by atoms with Gasteiger partial charge in [-0.25, -0.2) is 9.18 Å². The molecule has 19 heavy (non-hydrogen) atoms. The second kappa shape index (κ2) is 6.02. The third-order valence-electron chi connectivity index (χ3n) is 3.59. The van der Waals surface area contributed by atoms with Crippen LogP contribution in [0.15, 0.2) is 24.3 Å². The quantitative estimate of drug-likeness (QED) is 0.785. The molecule has 1 aromatic carbocycles. The van der Waals surface area contributed by atoms with Crippen molar-refractivity contribution in [2.24, 2.45) is 5.41 Å². The van der Waals surface area contributed by atoms with Crippen LogP contribution in [-0.4, -0.2) is 25.7 Å². The molecule has 1 saturated heterocycles. The molecule has 4 nitrogen and oxygen atoms in total. The Labute approximate surface area is 112 Å². The average molecular weight is 265 g/mol. The smallest absolute Gasteiger partial charge is 0.319 e. The number of halogens is 1. The first kappa shape index (κ1) is 13.8. The van der Waals surface area contributed by atoms with E-state index in [9.17, 15) is 9.18 Å². The fraction of sp³-hybridized carbons (Fsp3) is 0.500. The molecule has 1 aliphatic rings. The van der Waals surface area contributed by atoms with Crippen molar-refractivity contribution in [1.29, 1.82) is 0 Å². The molecule has 0 bridgehead atoms. The topological polar surface area (TPSA) is 53.2 Å². The van der Waals surface area contributed by atoms with Crippen molar-refractivity contribution in [3.8, 4) is 0 Å². The third kappa shape index (κ3) is 4.21. The van der Waals surface area contributed by atoms with Crippen LogP contribution >= 0.6 is 0 Å². The van der Waals surface area contributed by atoms with Crippen LogP contribution in [0, 0.1) is 11.2 Å². The number of urea groups is 1. The van der Waals surface area contributed by atoms with Crippen molar-refractivity contribution < 1.29 is 9.18 Å². The number of hydrogen-bond acceptors (Lipinski definition) is 2. The largest absolute Gasteiger partial charge is 0.337 e. The molecular formula is C14H20FN3O. The lowest BCUT2D eigenvalue weighted by atomic mass is 9.81. The maximum Gasteiger partial charge on any atom is 0.319 e. The summed E-state index contributed by atoms with van der Waals surface area (Å²) in [7, 11) is 0. The number of anilines is 1. The van der Waals surface area contributed by atoms with Crippen LogP contribution in [0.5, 0.6) is 0 Å². The summed E-state index contributed by atoms with van der Waals surface area (Å²) in [4.78, 5) is 11.8. The van der Waals surface area contributed by atoms with Crippen LogP contribution in [0.25, 0.3) is 0 Å². The summed E-state index contributed by atoms with van der Waals surface area (Å²) >= 11 is 0. The second-order valence-electron chi connectivity index (χ2n) is 5.38. The zero-order valence-corrected chi connectivity index (χ0v) is 11.1. The van der Waals surface area contributed by atoms with Gasteiger partial charge in [0.05, 0.1) is 0 Å². The number of carbonyl (C=O) groups excluding carboxylic acids is 1. The van der Waals surface area contributed by atoms with Gasteiger partial charge in [-0.05, 0) is 55.6 Å². The normalized spacial score (nSPS) is 17.8. The molecule has 3 N–H and O–H groups in total. The summed E-state index contributed by atoms with van der Waals surface area (Å²) in [6, 6.07) is 5.49. The zero-order valence-electron chi connectivity index (χ0n) is 11.1. The molecule has 2 rings (SSSR count). The molecular weight excluding hydrogens is 245 g/mol. The molecule has 2 amide bonds. The maximum absolute atomic E-state index is 12.7. The number of benzene rings is 1. The summed E-state index contributed by atoms with van der Waals surface area (Å²) in [5.74, 6) is -0.312. The molecule has 0 aliphatic carbocycles. The molecule has 0 atom stereocenters. The van der Waals surface area contributed by atoms with Crippen LogP contribution < -0.4 is 16.0 Å². The van der Waals surface area contributed by atoms with Gasteiger partial charge in [-0.15, -0.1) is 0 Å². The summed E-state index contributed by atoms with van der Waals surface area (Å²) in [5.41, 5.74) is 0.750. The van der Waals surface area contributed by atoms with E-state index in [0.29, 0.717) is 12.2 Å². The van der Waals surface area contributed by atoms with Crippen LogP contribution in [0.4, 0.5) is 14.9 Å². The van der Waals surface area contributed by atoms with Crippen molar-refractivity contribution in [2.45, 2.75) is 19.8 Å². The number of nitrogens with one attached hydrogen (secondary N) is 3. The van der Waals surface area contributed by atoms with Gasteiger partial charge < -0.3 is 16.0 Å². The summed E-state index contributed by atoms with van der Waals surface area (Å²) in [6.07, 6.45) is 2.12. The SMILES string of the molecule is CC1(CNC(=O)Nc2ccc(F)cc2)CCNCC1. The highest BCUT2D eigenvalue weighted by atomic mass is 19.1. The summed E-state index contributed by atoms with van der Waals surface area (Å²) < 4.78 is 12.7. The average Bonchev–Trinajstić information content (AvgIpc) is 2.40. The molecule has 5 heteroatoms. The van der Waals surface area contributed by atoms with E-state index in [1.54, 1.807) is 12.1 Å². The molecule has 0 radical (unpaired) electrons. The fourth-order valence-electron chi connectivity index (χ4n) is 2.21. The Balaban J connectivity index is 1.79. The molecule has 0 aromatic heterocycles. The van der Waals surface area contributed by atoms with Gasteiger partial charge in [-0.3, -0.25) is 0 Å². The van der Waals surface area contributed by atoms with Gasteiger partial charge >= 0.3 is 6.03 Å². The van der Waals surface area contributed by atoms with E-state index >= 15 is 0 Å². The second-order valence-corrected chi connectivity index (χ2v) is 5.38. The van der Waals surface area contributed by atoms with Gasteiger partial charge in [0.25, 0.3) is 0 Å². The minimum absolute atomic E-state index is 0.158.